The average molecular weight is 332 g/mol. The molecule has 0 spiro atoms. The van der Waals surface area contributed by atoms with Crippen LogP contribution in [-0.2, 0) is 4.79 Å². The van der Waals surface area contributed by atoms with Crippen molar-refractivity contribution in [1.82, 2.24) is 5.32 Å². The molecule has 0 saturated carbocycles. The van der Waals surface area contributed by atoms with Crippen LogP contribution in [0.2, 0.25) is 10.0 Å². The minimum atomic E-state index is -0.797. The molecule has 0 saturated heterocycles. The molecule has 2 N–H and O–H groups in total. The van der Waals surface area contributed by atoms with Crippen LogP contribution in [0.15, 0.2) is 18.2 Å². The molecule has 1 amide bonds. The summed E-state index contributed by atoms with van der Waals surface area (Å²) in [6, 6.07) is 4.83. The van der Waals surface area contributed by atoms with Gasteiger partial charge in [-0.25, -0.2) is 0 Å². The second-order valence-corrected chi connectivity index (χ2v) is 5.96. The third-order valence-electron chi connectivity index (χ3n) is 3.26. The van der Waals surface area contributed by atoms with E-state index in [1.165, 1.54) is 0 Å². The lowest BCUT2D eigenvalue weighted by Crippen LogP contribution is -2.33. The second-order valence-electron chi connectivity index (χ2n) is 5.14. The van der Waals surface area contributed by atoms with Gasteiger partial charge in [0.25, 0.3) is 5.91 Å². The van der Waals surface area contributed by atoms with Crippen LogP contribution in [0.5, 0.6) is 0 Å². The lowest BCUT2D eigenvalue weighted by Gasteiger charge is -2.15. The van der Waals surface area contributed by atoms with Gasteiger partial charge in [0, 0.05) is 6.04 Å². The SMILES string of the molecule is CC(CCCC(C)C(=O)O)NC(=O)c1c(Cl)cccc1Cl. The summed E-state index contributed by atoms with van der Waals surface area (Å²) >= 11 is 12.0. The zero-order chi connectivity index (χ0) is 16.0. The van der Waals surface area contributed by atoms with Gasteiger partial charge in [-0.2, -0.15) is 0 Å². The molecule has 4 nitrogen and oxygen atoms in total. The maximum absolute atomic E-state index is 12.1. The Morgan fingerprint density at radius 3 is 2.29 bits per heavy atom. The van der Waals surface area contributed by atoms with Crippen LogP contribution in [0.3, 0.4) is 0 Å². The van der Waals surface area contributed by atoms with Crippen molar-refractivity contribution in [3.8, 4) is 0 Å². The van der Waals surface area contributed by atoms with Gasteiger partial charge in [0.1, 0.15) is 0 Å². The van der Waals surface area contributed by atoms with Crippen molar-refractivity contribution in [3.63, 3.8) is 0 Å². The highest BCUT2D eigenvalue weighted by atomic mass is 35.5. The summed E-state index contributed by atoms with van der Waals surface area (Å²) < 4.78 is 0. The Hall–Kier alpha value is -1.26. The van der Waals surface area contributed by atoms with E-state index in [1.54, 1.807) is 25.1 Å². The van der Waals surface area contributed by atoms with E-state index in [9.17, 15) is 9.59 Å². The van der Waals surface area contributed by atoms with Crippen LogP contribution in [0.4, 0.5) is 0 Å². The van der Waals surface area contributed by atoms with E-state index >= 15 is 0 Å². The predicted molar refractivity (Wildman–Crippen MR) is 84.0 cm³/mol. The fourth-order valence-electron chi connectivity index (χ4n) is 1.94. The fourth-order valence-corrected chi connectivity index (χ4v) is 2.51. The van der Waals surface area contributed by atoms with Gasteiger partial charge >= 0.3 is 5.97 Å². The highest BCUT2D eigenvalue weighted by molar-refractivity contribution is 6.39. The van der Waals surface area contributed by atoms with Crippen molar-refractivity contribution in [3.05, 3.63) is 33.8 Å². The molecule has 1 aromatic rings. The monoisotopic (exact) mass is 331 g/mol. The molecule has 1 aromatic carbocycles. The Kier molecular flexibility index (Phi) is 6.99. The molecule has 0 radical (unpaired) electrons. The number of benzene rings is 1. The number of nitrogens with one attached hydrogen (secondary N) is 1. The van der Waals surface area contributed by atoms with Gasteiger partial charge in [0.15, 0.2) is 0 Å². The lowest BCUT2D eigenvalue weighted by atomic mass is 10.0. The van der Waals surface area contributed by atoms with Crippen LogP contribution < -0.4 is 5.32 Å². The largest absolute Gasteiger partial charge is 0.481 e. The van der Waals surface area contributed by atoms with E-state index in [-0.39, 0.29) is 23.4 Å². The Bertz CT molecular complexity index is 499. The van der Waals surface area contributed by atoms with Gasteiger partial charge in [-0.15, -0.1) is 0 Å². The molecule has 0 fully saturated rings. The van der Waals surface area contributed by atoms with Crippen molar-refractivity contribution in [1.29, 1.82) is 0 Å². The Labute approximate surface area is 134 Å². The van der Waals surface area contributed by atoms with Crippen LogP contribution in [0.1, 0.15) is 43.5 Å². The quantitative estimate of drug-likeness (QED) is 0.793. The number of halogens is 2. The molecule has 2 atom stereocenters. The first kappa shape index (κ1) is 17.8. The molecule has 116 valence electrons. The third-order valence-corrected chi connectivity index (χ3v) is 3.89. The number of carboxylic acids is 1. The Morgan fingerprint density at radius 2 is 1.76 bits per heavy atom. The summed E-state index contributed by atoms with van der Waals surface area (Å²) in [5.74, 6) is -1.48. The molecular formula is C15H19Cl2NO3. The maximum Gasteiger partial charge on any atom is 0.306 e. The van der Waals surface area contributed by atoms with Crippen molar-refractivity contribution < 1.29 is 14.7 Å². The van der Waals surface area contributed by atoms with Gasteiger partial charge in [0.2, 0.25) is 0 Å². The zero-order valence-corrected chi connectivity index (χ0v) is 13.5. The van der Waals surface area contributed by atoms with Crippen molar-refractivity contribution in [2.75, 3.05) is 0 Å². The zero-order valence-electron chi connectivity index (χ0n) is 12.0. The van der Waals surface area contributed by atoms with E-state index in [0.29, 0.717) is 22.9 Å². The highest BCUT2D eigenvalue weighted by Crippen LogP contribution is 2.24. The summed E-state index contributed by atoms with van der Waals surface area (Å²) in [5, 5.41) is 12.3. The van der Waals surface area contributed by atoms with Gasteiger partial charge in [-0.3, -0.25) is 9.59 Å². The van der Waals surface area contributed by atoms with Crippen LogP contribution in [-0.4, -0.2) is 23.0 Å². The normalized spacial score (nSPS) is 13.5. The third kappa shape index (κ3) is 5.56. The molecule has 21 heavy (non-hydrogen) atoms. The molecule has 1 rings (SSSR count). The van der Waals surface area contributed by atoms with E-state index in [0.717, 1.165) is 6.42 Å². The number of hydrogen-bond acceptors (Lipinski definition) is 2. The van der Waals surface area contributed by atoms with Crippen molar-refractivity contribution >= 4 is 35.1 Å². The number of carbonyl (C=O) groups excluding carboxylic acids is 1. The lowest BCUT2D eigenvalue weighted by molar-refractivity contribution is -0.141. The molecule has 0 aromatic heterocycles. The standard InChI is InChI=1S/C15H19Cl2NO3/c1-9(15(20)21)5-3-6-10(2)18-14(19)13-11(16)7-4-8-12(13)17/h4,7-10H,3,5-6H2,1-2H3,(H,18,19)(H,20,21). The van der Waals surface area contributed by atoms with Gasteiger partial charge < -0.3 is 10.4 Å². The predicted octanol–water partition coefficient (Wildman–Crippen LogP) is 4.00. The number of rotatable bonds is 7. The first-order chi connectivity index (χ1) is 9.82. The minimum Gasteiger partial charge on any atom is -0.481 e. The molecule has 0 bridgehead atoms. The second kappa shape index (κ2) is 8.25. The molecule has 6 heteroatoms. The fraction of sp³-hybridized carbons (Fsp3) is 0.467. The summed E-state index contributed by atoms with van der Waals surface area (Å²) in [7, 11) is 0. The minimum absolute atomic E-state index is 0.0779. The summed E-state index contributed by atoms with van der Waals surface area (Å²) in [5.41, 5.74) is 0.270. The van der Waals surface area contributed by atoms with E-state index < -0.39 is 5.97 Å². The smallest absolute Gasteiger partial charge is 0.306 e. The van der Waals surface area contributed by atoms with Crippen LogP contribution >= 0.6 is 23.2 Å². The molecule has 0 heterocycles. The summed E-state index contributed by atoms with van der Waals surface area (Å²) in [6.07, 6.45) is 2.01. The first-order valence-electron chi connectivity index (χ1n) is 6.80. The summed E-state index contributed by atoms with van der Waals surface area (Å²) in [4.78, 5) is 22.8. The molecule has 0 aliphatic heterocycles. The average Bonchev–Trinajstić information content (AvgIpc) is 2.37. The Balaban J connectivity index is 2.49. The highest BCUT2D eigenvalue weighted by Gasteiger charge is 2.17. The van der Waals surface area contributed by atoms with E-state index in [1.807, 2.05) is 6.92 Å². The number of amides is 1. The molecule has 2 unspecified atom stereocenters. The van der Waals surface area contributed by atoms with Crippen LogP contribution in [0, 0.1) is 5.92 Å². The first-order valence-corrected chi connectivity index (χ1v) is 7.56. The van der Waals surface area contributed by atoms with Crippen LogP contribution in [0.25, 0.3) is 0 Å². The van der Waals surface area contributed by atoms with E-state index in [4.69, 9.17) is 28.3 Å². The van der Waals surface area contributed by atoms with Crippen molar-refractivity contribution in [2.45, 2.75) is 39.2 Å². The van der Waals surface area contributed by atoms with Gasteiger partial charge in [-0.1, -0.05) is 42.6 Å². The number of carbonyl (C=O) groups is 2. The topological polar surface area (TPSA) is 66.4 Å². The number of carboxylic acid groups (broad SMARTS) is 1. The maximum atomic E-state index is 12.1. The van der Waals surface area contributed by atoms with E-state index in [2.05, 4.69) is 5.32 Å². The number of hydrogen-bond donors (Lipinski definition) is 2. The summed E-state index contributed by atoms with van der Waals surface area (Å²) in [6.45, 7) is 3.54. The Morgan fingerprint density at radius 1 is 1.19 bits per heavy atom. The van der Waals surface area contributed by atoms with Gasteiger partial charge in [-0.05, 0) is 31.9 Å². The van der Waals surface area contributed by atoms with Crippen molar-refractivity contribution in [2.24, 2.45) is 5.92 Å². The van der Waals surface area contributed by atoms with Gasteiger partial charge in [0.05, 0.1) is 21.5 Å². The molecular weight excluding hydrogens is 313 g/mol. The molecule has 0 aliphatic rings. The number of aliphatic carboxylic acids is 1. The molecule has 0 aliphatic carbocycles.